The Labute approximate surface area is 123 Å². The lowest BCUT2D eigenvalue weighted by Crippen LogP contribution is -2.09. The number of nitrogens with one attached hydrogen (secondary N) is 1. The molecule has 0 aliphatic heterocycles. The zero-order valence-electron chi connectivity index (χ0n) is 9.88. The number of halogens is 1. The van der Waals surface area contributed by atoms with Crippen LogP contribution in [-0.4, -0.2) is 20.5 Å². The minimum Gasteiger partial charge on any atom is -0.288 e. The average molecular weight is 360 g/mol. The molecule has 2 aromatic rings. The van der Waals surface area contributed by atoms with Gasteiger partial charge in [0.2, 0.25) is 15.8 Å². The van der Waals surface area contributed by atoms with Crippen molar-refractivity contribution < 1.29 is 13.2 Å². The molecule has 0 bridgehead atoms. The van der Waals surface area contributed by atoms with Crippen molar-refractivity contribution in [3.05, 3.63) is 50.6 Å². The molecule has 1 heterocycles. The first kappa shape index (κ1) is 14.2. The standard InChI is InChI=1S/C12H10BrNO3S2/c1-19(16,17)14-9-4-2-8(3-5-9)12(15)10-6-7-11(13)18-10/h2-7,14H,1H3. The highest BCUT2D eigenvalue weighted by molar-refractivity contribution is 9.11. The molecule has 100 valence electrons. The molecule has 0 unspecified atom stereocenters. The summed E-state index contributed by atoms with van der Waals surface area (Å²) in [5, 5.41) is 0. The summed E-state index contributed by atoms with van der Waals surface area (Å²) >= 11 is 4.67. The van der Waals surface area contributed by atoms with E-state index >= 15 is 0 Å². The highest BCUT2D eigenvalue weighted by atomic mass is 79.9. The van der Waals surface area contributed by atoms with Crippen LogP contribution >= 0.6 is 27.3 Å². The fourth-order valence-corrected chi connectivity index (χ4v) is 3.39. The molecular formula is C12H10BrNO3S2. The second kappa shape index (κ2) is 5.44. The number of hydrogen-bond donors (Lipinski definition) is 1. The molecule has 19 heavy (non-hydrogen) atoms. The number of carbonyl (C=O) groups is 1. The summed E-state index contributed by atoms with van der Waals surface area (Å²) in [4.78, 5) is 12.7. The van der Waals surface area contributed by atoms with Crippen LogP contribution in [0.1, 0.15) is 15.2 Å². The van der Waals surface area contributed by atoms with Gasteiger partial charge in [-0.3, -0.25) is 9.52 Å². The van der Waals surface area contributed by atoms with Crippen LogP contribution in [0.15, 0.2) is 40.2 Å². The van der Waals surface area contributed by atoms with Crippen molar-refractivity contribution in [2.45, 2.75) is 0 Å². The van der Waals surface area contributed by atoms with Crippen LogP contribution in [-0.2, 0) is 10.0 Å². The predicted octanol–water partition coefficient (Wildman–Crippen LogP) is 3.11. The minimum atomic E-state index is -3.30. The van der Waals surface area contributed by atoms with Gasteiger partial charge in [-0.15, -0.1) is 11.3 Å². The fraction of sp³-hybridized carbons (Fsp3) is 0.0833. The van der Waals surface area contributed by atoms with E-state index in [2.05, 4.69) is 20.7 Å². The summed E-state index contributed by atoms with van der Waals surface area (Å²) < 4.78 is 25.4. The predicted molar refractivity (Wildman–Crippen MR) is 80.4 cm³/mol. The number of thiophene rings is 1. The molecule has 0 spiro atoms. The normalized spacial score (nSPS) is 11.3. The van der Waals surface area contributed by atoms with Gasteiger partial charge in [0.15, 0.2) is 0 Å². The summed E-state index contributed by atoms with van der Waals surface area (Å²) in [6.45, 7) is 0. The van der Waals surface area contributed by atoms with E-state index in [1.807, 2.05) is 6.07 Å². The first-order valence-electron chi connectivity index (χ1n) is 5.23. The second-order valence-electron chi connectivity index (χ2n) is 3.88. The largest absolute Gasteiger partial charge is 0.288 e. The number of benzene rings is 1. The van der Waals surface area contributed by atoms with Gasteiger partial charge in [0.1, 0.15) is 0 Å². The highest BCUT2D eigenvalue weighted by Gasteiger charge is 2.11. The molecule has 0 saturated carbocycles. The van der Waals surface area contributed by atoms with Crippen molar-refractivity contribution in [1.29, 1.82) is 0 Å². The van der Waals surface area contributed by atoms with Crippen molar-refractivity contribution in [2.24, 2.45) is 0 Å². The average Bonchev–Trinajstić information content (AvgIpc) is 2.74. The zero-order valence-corrected chi connectivity index (χ0v) is 13.1. The van der Waals surface area contributed by atoms with E-state index in [-0.39, 0.29) is 5.78 Å². The minimum absolute atomic E-state index is 0.0818. The van der Waals surface area contributed by atoms with Crippen LogP contribution in [0.5, 0.6) is 0 Å². The summed E-state index contributed by atoms with van der Waals surface area (Å²) in [5.41, 5.74) is 0.958. The van der Waals surface area contributed by atoms with Crippen molar-refractivity contribution >= 4 is 48.8 Å². The van der Waals surface area contributed by atoms with Crippen LogP contribution < -0.4 is 4.72 Å². The van der Waals surface area contributed by atoms with Gasteiger partial charge in [-0.1, -0.05) is 0 Å². The topological polar surface area (TPSA) is 63.2 Å². The Morgan fingerprint density at radius 3 is 2.26 bits per heavy atom. The van der Waals surface area contributed by atoms with E-state index in [0.717, 1.165) is 10.0 Å². The third-order valence-corrected chi connectivity index (χ3v) is 4.48. The molecule has 1 aromatic heterocycles. The third-order valence-electron chi connectivity index (χ3n) is 2.25. The second-order valence-corrected chi connectivity index (χ2v) is 8.10. The Morgan fingerprint density at radius 2 is 1.79 bits per heavy atom. The first-order valence-corrected chi connectivity index (χ1v) is 8.73. The monoisotopic (exact) mass is 359 g/mol. The molecule has 0 saturated heterocycles. The maximum Gasteiger partial charge on any atom is 0.229 e. The summed E-state index contributed by atoms with van der Waals surface area (Å²) in [7, 11) is -3.30. The van der Waals surface area contributed by atoms with Gasteiger partial charge >= 0.3 is 0 Å². The van der Waals surface area contributed by atoms with Gasteiger partial charge in [0.05, 0.1) is 14.9 Å². The number of carbonyl (C=O) groups excluding carboxylic acids is 1. The molecule has 0 radical (unpaired) electrons. The van der Waals surface area contributed by atoms with E-state index in [1.165, 1.54) is 11.3 Å². The summed E-state index contributed by atoms with van der Waals surface area (Å²) in [6, 6.07) is 9.90. The van der Waals surface area contributed by atoms with Crippen molar-refractivity contribution in [1.82, 2.24) is 0 Å². The smallest absolute Gasteiger partial charge is 0.229 e. The van der Waals surface area contributed by atoms with Crippen LogP contribution in [0.4, 0.5) is 5.69 Å². The Bertz CT molecular complexity index is 705. The lowest BCUT2D eigenvalue weighted by molar-refractivity contribution is 0.104. The molecule has 0 aliphatic rings. The lowest BCUT2D eigenvalue weighted by Gasteiger charge is -2.04. The molecule has 7 heteroatoms. The van der Waals surface area contributed by atoms with E-state index in [9.17, 15) is 13.2 Å². The summed E-state index contributed by atoms with van der Waals surface area (Å²) in [6.07, 6.45) is 1.08. The van der Waals surface area contributed by atoms with Crippen LogP contribution in [0.2, 0.25) is 0 Å². The maximum atomic E-state index is 12.1. The van der Waals surface area contributed by atoms with Gasteiger partial charge in [0.25, 0.3) is 0 Å². The Hall–Kier alpha value is -1.18. The van der Waals surface area contributed by atoms with Gasteiger partial charge in [-0.05, 0) is 52.3 Å². The van der Waals surface area contributed by atoms with E-state index < -0.39 is 10.0 Å². The van der Waals surface area contributed by atoms with Crippen LogP contribution in [0, 0.1) is 0 Å². The Morgan fingerprint density at radius 1 is 1.16 bits per heavy atom. The highest BCUT2D eigenvalue weighted by Crippen LogP contribution is 2.24. The van der Waals surface area contributed by atoms with Crippen molar-refractivity contribution in [3.8, 4) is 0 Å². The number of rotatable bonds is 4. The summed E-state index contributed by atoms with van der Waals surface area (Å²) in [5.74, 6) is -0.0818. The quantitative estimate of drug-likeness (QED) is 0.853. The number of anilines is 1. The SMILES string of the molecule is CS(=O)(=O)Nc1ccc(C(=O)c2ccc(Br)s2)cc1. The molecule has 0 amide bonds. The van der Waals surface area contributed by atoms with E-state index in [0.29, 0.717) is 16.1 Å². The maximum absolute atomic E-state index is 12.1. The number of sulfonamides is 1. The molecule has 1 aromatic carbocycles. The van der Waals surface area contributed by atoms with Crippen LogP contribution in [0.25, 0.3) is 0 Å². The zero-order chi connectivity index (χ0) is 14.0. The van der Waals surface area contributed by atoms with E-state index in [4.69, 9.17) is 0 Å². The fourth-order valence-electron chi connectivity index (χ4n) is 1.48. The molecule has 0 aliphatic carbocycles. The third kappa shape index (κ3) is 3.89. The molecule has 2 rings (SSSR count). The Balaban J connectivity index is 2.21. The Kier molecular flexibility index (Phi) is 4.07. The molecular weight excluding hydrogens is 350 g/mol. The molecule has 4 nitrogen and oxygen atoms in total. The van der Waals surface area contributed by atoms with Crippen molar-refractivity contribution in [3.63, 3.8) is 0 Å². The first-order chi connectivity index (χ1) is 8.85. The van der Waals surface area contributed by atoms with E-state index in [1.54, 1.807) is 30.3 Å². The van der Waals surface area contributed by atoms with Gasteiger partial charge in [-0.2, -0.15) is 0 Å². The van der Waals surface area contributed by atoms with Gasteiger partial charge in [-0.25, -0.2) is 8.42 Å². The lowest BCUT2D eigenvalue weighted by atomic mass is 10.1. The molecule has 0 fully saturated rings. The molecule has 1 N–H and O–H groups in total. The van der Waals surface area contributed by atoms with Gasteiger partial charge < -0.3 is 0 Å². The number of hydrogen-bond acceptors (Lipinski definition) is 4. The molecule has 0 atom stereocenters. The number of ketones is 1. The van der Waals surface area contributed by atoms with Crippen molar-refractivity contribution in [2.75, 3.05) is 11.0 Å². The van der Waals surface area contributed by atoms with Crippen LogP contribution in [0.3, 0.4) is 0 Å². The van der Waals surface area contributed by atoms with Gasteiger partial charge in [0, 0.05) is 11.3 Å².